The Morgan fingerprint density at radius 2 is 1.97 bits per heavy atom. The molecule has 1 atom stereocenters. The Kier molecular flexibility index (Phi) is 6.64. The molecular formula is C21H24N2O5S. The molecule has 154 valence electrons. The first kappa shape index (κ1) is 21.0. The Labute approximate surface area is 173 Å². The molecule has 0 radical (unpaired) electrons. The lowest BCUT2D eigenvalue weighted by Gasteiger charge is -2.14. The van der Waals surface area contributed by atoms with E-state index in [2.05, 4.69) is 10.3 Å². The summed E-state index contributed by atoms with van der Waals surface area (Å²) in [5.41, 5.74) is 2.45. The van der Waals surface area contributed by atoms with E-state index < -0.39 is 23.9 Å². The Bertz CT molecular complexity index is 920. The number of pyridine rings is 1. The molecule has 0 spiro atoms. The first-order valence-corrected chi connectivity index (χ1v) is 10.5. The van der Waals surface area contributed by atoms with Crippen LogP contribution in [0.5, 0.6) is 0 Å². The second kappa shape index (κ2) is 9.17. The number of esters is 2. The SMILES string of the molecule is CCOC(=O)c1c(NC(=O)C(C)OC(=O)c2ccc(C)nc2)sc2c1CCCC2. The maximum atomic E-state index is 12.6. The highest BCUT2D eigenvalue weighted by molar-refractivity contribution is 7.17. The van der Waals surface area contributed by atoms with E-state index in [4.69, 9.17) is 9.47 Å². The number of aromatic nitrogens is 1. The minimum atomic E-state index is -1.03. The van der Waals surface area contributed by atoms with E-state index in [1.165, 1.54) is 24.5 Å². The van der Waals surface area contributed by atoms with Crippen molar-refractivity contribution in [2.24, 2.45) is 0 Å². The summed E-state index contributed by atoms with van der Waals surface area (Å²) in [7, 11) is 0. The standard InChI is InChI=1S/C21H24N2O5S/c1-4-27-21(26)17-15-7-5-6-8-16(15)29-19(17)23-18(24)13(3)28-20(25)14-10-9-12(2)22-11-14/h9-11,13H,4-8H2,1-3H3,(H,23,24). The fraction of sp³-hybridized carbons (Fsp3) is 0.429. The molecular weight excluding hydrogens is 392 g/mol. The van der Waals surface area contributed by atoms with Crippen LogP contribution >= 0.6 is 11.3 Å². The summed E-state index contributed by atoms with van der Waals surface area (Å²) >= 11 is 1.40. The second-order valence-electron chi connectivity index (χ2n) is 6.86. The Morgan fingerprint density at radius 3 is 2.66 bits per heavy atom. The van der Waals surface area contributed by atoms with E-state index in [1.807, 2.05) is 6.92 Å². The van der Waals surface area contributed by atoms with Gasteiger partial charge in [0.2, 0.25) is 0 Å². The number of fused-ring (bicyclic) bond motifs is 1. The number of anilines is 1. The smallest absolute Gasteiger partial charge is 0.341 e. The zero-order valence-electron chi connectivity index (χ0n) is 16.7. The van der Waals surface area contributed by atoms with E-state index in [9.17, 15) is 14.4 Å². The predicted molar refractivity (Wildman–Crippen MR) is 109 cm³/mol. The molecule has 2 heterocycles. The van der Waals surface area contributed by atoms with Crippen molar-refractivity contribution in [1.82, 2.24) is 4.98 Å². The fourth-order valence-corrected chi connectivity index (χ4v) is 4.44. The van der Waals surface area contributed by atoms with E-state index in [-0.39, 0.29) is 12.2 Å². The third-order valence-corrected chi connectivity index (χ3v) is 5.89. The van der Waals surface area contributed by atoms with Crippen molar-refractivity contribution >= 4 is 34.2 Å². The van der Waals surface area contributed by atoms with Gasteiger partial charge < -0.3 is 14.8 Å². The Hall–Kier alpha value is -2.74. The van der Waals surface area contributed by atoms with Crippen LogP contribution in [-0.2, 0) is 27.1 Å². The van der Waals surface area contributed by atoms with E-state index in [1.54, 1.807) is 19.1 Å². The summed E-state index contributed by atoms with van der Waals surface area (Å²) in [5, 5.41) is 3.22. The van der Waals surface area contributed by atoms with Gasteiger partial charge in [-0.15, -0.1) is 11.3 Å². The number of rotatable bonds is 6. The first-order chi connectivity index (χ1) is 13.9. The van der Waals surface area contributed by atoms with Crippen LogP contribution in [0.4, 0.5) is 5.00 Å². The Balaban J connectivity index is 1.74. The number of nitrogens with zero attached hydrogens (tertiary/aromatic N) is 1. The minimum Gasteiger partial charge on any atom is -0.462 e. The fourth-order valence-electron chi connectivity index (χ4n) is 3.16. The van der Waals surface area contributed by atoms with Crippen molar-refractivity contribution in [3.63, 3.8) is 0 Å². The van der Waals surface area contributed by atoms with Crippen molar-refractivity contribution in [2.75, 3.05) is 11.9 Å². The number of hydrogen-bond acceptors (Lipinski definition) is 7. The van der Waals surface area contributed by atoms with Gasteiger partial charge in [-0.05, 0) is 64.2 Å². The predicted octanol–water partition coefficient (Wildman–Crippen LogP) is 3.69. The third-order valence-electron chi connectivity index (χ3n) is 4.69. The highest BCUT2D eigenvalue weighted by Gasteiger charge is 2.29. The maximum absolute atomic E-state index is 12.6. The quantitative estimate of drug-likeness (QED) is 0.722. The number of amides is 1. The van der Waals surface area contributed by atoms with Crippen LogP contribution in [-0.4, -0.2) is 35.5 Å². The molecule has 1 unspecified atom stereocenters. The van der Waals surface area contributed by atoms with Crippen LogP contribution in [0.2, 0.25) is 0 Å². The Morgan fingerprint density at radius 1 is 1.21 bits per heavy atom. The summed E-state index contributed by atoms with van der Waals surface area (Å²) in [4.78, 5) is 42.5. The molecule has 0 aromatic carbocycles. The molecule has 8 heteroatoms. The van der Waals surface area contributed by atoms with Crippen molar-refractivity contribution in [3.8, 4) is 0 Å². The molecule has 29 heavy (non-hydrogen) atoms. The average Bonchev–Trinajstić information content (AvgIpc) is 3.06. The van der Waals surface area contributed by atoms with Gasteiger partial charge in [-0.25, -0.2) is 9.59 Å². The zero-order valence-corrected chi connectivity index (χ0v) is 17.6. The molecule has 0 fully saturated rings. The van der Waals surface area contributed by atoms with Gasteiger partial charge in [-0.3, -0.25) is 9.78 Å². The molecule has 3 rings (SSSR count). The first-order valence-electron chi connectivity index (χ1n) is 9.66. The summed E-state index contributed by atoms with van der Waals surface area (Å²) in [5.74, 6) is -1.56. The number of carbonyl (C=O) groups excluding carboxylic acids is 3. The maximum Gasteiger partial charge on any atom is 0.341 e. The average molecular weight is 416 g/mol. The molecule has 1 N–H and O–H groups in total. The molecule has 7 nitrogen and oxygen atoms in total. The van der Waals surface area contributed by atoms with Crippen LogP contribution in [0.25, 0.3) is 0 Å². The largest absolute Gasteiger partial charge is 0.462 e. The van der Waals surface area contributed by atoms with E-state index >= 15 is 0 Å². The number of aryl methyl sites for hydroxylation is 2. The lowest BCUT2D eigenvalue weighted by atomic mass is 9.95. The molecule has 0 aliphatic heterocycles. The molecule has 1 amide bonds. The summed E-state index contributed by atoms with van der Waals surface area (Å²) < 4.78 is 10.4. The van der Waals surface area contributed by atoms with Gasteiger partial charge in [0.05, 0.1) is 17.7 Å². The number of hydrogen-bond donors (Lipinski definition) is 1. The molecule has 2 aromatic rings. The molecule has 1 aliphatic rings. The molecule has 0 saturated heterocycles. The summed E-state index contributed by atoms with van der Waals surface area (Å²) in [6.45, 7) is 5.31. The molecule has 0 saturated carbocycles. The van der Waals surface area contributed by atoms with E-state index in [0.717, 1.165) is 41.8 Å². The highest BCUT2D eigenvalue weighted by atomic mass is 32.1. The van der Waals surface area contributed by atoms with Crippen molar-refractivity contribution in [1.29, 1.82) is 0 Å². The van der Waals surface area contributed by atoms with E-state index in [0.29, 0.717) is 10.6 Å². The van der Waals surface area contributed by atoms with Crippen LogP contribution in [0, 0.1) is 6.92 Å². The van der Waals surface area contributed by atoms with Crippen LogP contribution in [0.3, 0.4) is 0 Å². The van der Waals surface area contributed by atoms with Crippen molar-refractivity contribution < 1.29 is 23.9 Å². The molecule has 1 aliphatic carbocycles. The topological polar surface area (TPSA) is 94.6 Å². The van der Waals surface area contributed by atoms with Gasteiger partial charge in [0.15, 0.2) is 6.10 Å². The summed E-state index contributed by atoms with van der Waals surface area (Å²) in [6.07, 6.45) is 4.12. The monoisotopic (exact) mass is 416 g/mol. The van der Waals surface area contributed by atoms with Crippen LogP contribution in [0.15, 0.2) is 18.3 Å². The van der Waals surface area contributed by atoms with Gasteiger partial charge >= 0.3 is 11.9 Å². The molecule has 2 aromatic heterocycles. The molecule has 0 bridgehead atoms. The number of nitrogens with one attached hydrogen (secondary N) is 1. The minimum absolute atomic E-state index is 0.259. The van der Waals surface area contributed by atoms with Gasteiger partial charge in [-0.1, -0.05) is 0 Å². The van der Waals surface area contributed by atoms with Crippen molar-refractivity contribution in [3.05, 3.63) is 45.6 Å². The van der Waals surface area contributed by atoms with Crippen LogP contribution < -0.4 is 5.32 Å². The number of thiophene rings is 1. The van der Waals surface area contributed by atoms with Gasteiger partial charge in [0, 0.05) is 16.8 Å². The van der Waals surface area contributed by atoms with Gasteiger partial charge in [0.25, 0.3) is 5.91 Å². The number of carbonyl (C=O) groups is 3. The van der Waals surface area contributed by atoms with Gasteiger partial charge in [0.1, 0.15) is 5.00 Å². The normalized spacial score (nSPS) is 13.9. The van der Waals surface area contributed by atoms with Crippen molar-refractivity contribution in [2.45, 2.75) is 52.6 Å². The second-order valence-corrected chi connectivity index (χ2v) is 7.97. The summed E-state index contributed by atoms with van der Waals surface area (Å²) in [6, 6.07) is 3.30. The lowest BCUT2D eigenvalue weighted by Crippen LogP contribution is -2.30. The zero-order chi connectivity index (χ0) is 21.0. The lowest BCUT2D eigenvalue weighted by molar-refractivity contribution is -0.123. The number of ether oxygens (including phenoxy) is 2. The van der Waals surface area contributed by atoms with Gasteiger partial charge in [-0.2, -0.15) is 0 Å². The third kappa shape index (κ3) is 4.82. The highest BCUT2D eigenvalue weighted by Crippen LogP contribution is 2.38. The van der Waals surface area contributed by atoms with Crippen LogP contribution in [0.1, 0.15) is 63.5 Å².